The van der Waals surface area contributed by atoms with Gasteiger partial charge in [-0.1, -0.05) is 6.92 Å². The SMILES string of the molecule is CCc1nc(CNCCCCOC)cs1. The Balaban J connectivity index is 2.04. The topological polar surface area (TPSA) is 34.2 Å². The van der Waals surface area contributed by atoms with Crippen molar-refractivity contribution in [2.75, 3.05) is 20.3 Å². The highest BCUT2D eigenvalue weighted by Gasteiger charge is 1.98. The first-order valence-corrected chi connectivity index (χ1v) is 6.37. The minimum Gasteiger partial charge on any atom is -0.385 e. The molecule has 1 N–H and O–H groups in total. The van der Waals surface area contributed by atoms with Crippen molar-refractivity contribution >= 4 is 11.3 Å². The van der Waals surface area contributed by atoms with Crippen LogP contribution in [0.25, 0.3) is 0 Å². The molecule has 86 valence electrons. The summed E-state index contributed by atoms with van der Waals surface area (Å²) in [7, 11) is 1.75. The Morgan fingerprint density at radius 2 is 2.33 bits per heavy atom. The lowest BCUT2D eigenvalue weighted by Gasteiger charge is -2.01. The van der Waals surface area contributed by atoms with Gasteiger partial charge in [0.15, 0.2) is 0 Å². The number of unbranched alkanes of at least 4 members (excludes halogenated alkanes) is 1. The van der Waals surface area contributed by atoms with E-state index in [0.717, 1.165) is 32.5 Å². The molecule has 0 aliphatic rings. The Hall–Kier alpha value is -0.450. The van der Waals surface area contributed by atoms with E-state index in [-0.39, 0.29) is 0 Å². The Labute approximate surface area is 95.9 Å². The second-order valence-electron chi connectivity index (χ2n) is 3.46. The first kappa shape index (κ1) is 12.6. The largest absolute Gasteiger partial charge is 0.385 e. The third kappa shape index (κ3) is 5.25. The number of rotatable bonds is 8. The van der Waals surface area contributed by atoms with Gasteiger partial charge in [-0.3, -0.25) is 0 Å². The molecule has 0 saturated carbocycles. The van der Waals surface area contributed by atoms with E-state index < -0.39 is 0 Å². The molecule has 0 bridgehead atoms. The lowest BCUT2D eigenvalue weighted by atomic mass is 10.3. The highest BCUT2D eigenvalue weighted by molar-refractivity contribution is 7.09. The van der Waals surface area contributed by atoms with Crippen molar-refractivity contribution < 1.29 is 4.74 Å². The van der Waals surface area contributed by atoms with Crippen LogP contribution < -0.4 is 5.32 Å². The summed E-state index contributed by atoms with van der Waals surface area (Å²) in [5.41, 5.74) is 1.17. The fraction of sp³-hybridized carbons (Fsp3) is 0.727. The fourth-order valence-corrected chi connectivity index (χ4v) is 2.05. The quantitative estimate of drug-likeness (QED) is 0.693. The van der Waals surface area contributed by atoms with Gasteiger partial charge in [0.25, 0.3) is 0 Å². The number of hydrogen-bond donors (Lipinski definition) is 1. The van der Waals surface area contributed by atoms with Crippen LogP contribution in [0.15, 0.2) is 5.38 Å². The zero-order valence-electron chi connectivity index (χ0n) is 9.58. The smallest absolute Gasteiger partial charge is 0.0926 e. The molecule has 1 aromatic heterocycles. The van der Waals surface area contributed by atoms with Crippen LogP contribution in [0.1, 0.15) is 30.5 Å². The first-order valence-electron chi connectivity index (χ1n) is 5.49. The molecule has 0 aliphatic heterocycles. The third-order valence-electron chi connectivity index (χ3n) is 2.16. The molecule has 0 spiro atoms. The third-order valence-corrected chi connectivity index (χ3v) is 3.20. The Kier molecular flexibility index (Phi) is 6.55. The number of ether oxygens (including phenoxy) is 1. The number of hydrogen-bond acceptors (Lipinski definition) is 4. The monoisotopic (exact) mass is 228 g/mol. The summed E-state index contributed by atoms with van der Waals surface area (Å²) in [6, 6.07) is 0. The predicted octanol–water partition coefficient (Wildman–Crippen LogP) is 2.22. The maximum absolute atomic E-state index is 4.99. The Morgan fingerprint density at radius 1 is 1.47 bits per heavy atom. The van der Waals surface area contributed by atoms with Crippen molar-refractivity contribution in [2.45, 2.75) is 32.7 Å². The zero-order chi connectivity index (χ0) is 10.9. The number of methoxy groups -OCH3 is 1. The van der Waals surface area contributed by atoms with Gasteiger partial charge in [-0.25, -0.2) is 4.98 Å². The molecule has 1 aromatic rings. The molecular weight excluding hydrogens is 208 g/mol. The van der Waals surface area contributed by atoms with Gasteiger partial charge in [-0.2, -0.15) is 0 Å². The molecule has 0 fully saturated rings. The molecule has 0 aliphatic carbocycles. The predicted molar refractivity (Wildman–Crippen MR) is 64.3 cm³/mol. The van der Waals surface area contributed by atoms with Crippen LogP contribution in [0, 0.1) is 0 Å². The summed E-state index contributed by atoms with van der Waals surface area (Å²) in [5.74, 6) is 0. The number of aromatic nitrogens is 1. The highest BCUT2D eigenvalue weighted by atomic mass is 32.1. The van der Waals surface area contributed by atoms with E-state index in [1.165, 1.54) is 17.1 Å². The van der Waals surface area contributed by atoms with E-state index in [2.05, 4.69) is 22.6 Å². The normalized spacial score (nSPS) is 10.8. The number of aryl methyl sites for hydroxylation is 1. The average molecular weight is 228 g/mol. The molecule has 0 radical (unpaired) electrons. The molecule has 4 heteroatoms. The molecule has 0 saturated heterocycles. The molecule has 0 atom stereocenters. The maximum Gasteiger partial charge on any atom is 0.0926 e. The van der Waals surface area contributed by atoms with Crippen molar-refractivity contribution in [2.24, 2.45) is 0 Å². The number of nitrogens with one attached hydrogen (secondary N) is 1. The molecule has 0 aromatic carbocycles. The lowest BCUT2D eigenvalue weighted by molar-refractivity contribution is 0.192. The molecule has 1 rings (SSSR count). The summed E-state index contributed by atoms with van der Waals surface area (Å²) in [6.45, 7) is 4.94. The molecule has 3 nitrogen and oxygen atoms in total. The van der Waals surface area contributed by atoms with Gasteiger partial charge in [0.1, 0.15) is 0 Å². The molecule has 1 heterocycles. The van der Waals surface area contributed by atoms with Gasteiger partial charge in [-0.15, -0.1) is 11.3 Å². The van der Waals surface area contributed by atoms with E-state index in [1.807, 2.05) is 0 Å². The van der Waals surface area contributed by atoms with Crippen LogP contribution in [0.4, 0.5) is 0 Å². The van der Waals surface area contributed by atoms with Gasteiger partial charge >= 0.3 is 0 Å². The number of nitrogens with zero attached hydrogens (tertiary/aromatic N) is 1. The van der Waals surface area contributed by atoms with Crippen LogP contribution in [-0.4, -0.2) is 25.2 Å². The highest BCUT2D eigenvalue weighted by Crippen LogP contribution is 2.09. The Morgan fingerprint density at radius 3 is 3.00 bits per heavy atom. The standard InChI is InChI=1S/C11H20N2OS/c1-3-11-13-10(9-15-11)8-12-6-4-5-7-14-2/h9,12H,3-8H2,1-2H3. The van der Waals surface area contributed by atoms with Crippen LogP contribution >= 0.6 is 11.3 Å². The second kappa shape index (κ2) is 7.79. The molecule has 0 unspecified atom stereocenters. The summed E-state index contributed by atoms with van der Waals surface area (Å²) in [6.07, 6.45) is 3.33. The van der Waals surface area contributed by atoms with Crippen LogP contribution in [0.2, 0.25) is 0 Å². The minimum absolute atomic E-state index is 0.859. The fourth-order valence-electron chi connectivity index (χ4n) is 1.31. The second-order valence-corrected chi connectivity index (χ2v) is 4.41. The molecular formula is C11H20N2OS. The van der Waals surface area contributed by atoms with Crippen molar-refractivity contribution in [3.05, 3.63) is 16.1 Å². The van der Waals surface area contributed by atoms with E-state index in [9.17, 15) is 0 Å². The van der Waals surface area contributed by atoms with Crippen LogP contribution in [0.3, 0.4) is 0 Å². The average Bonchev–Trinajstić information content (AvgIpc) is 2.71. The molecule has 15 heavy (non-hydrogen) atoms. The molecule has 0 amide bonds. The summed E-state index contributed by atoms with van der Waals surface area (Å²) >= 11 is 1.75. The lowest BCUT2D eigenvalue weighted by Crippen LogP contribution is -2.15. The van der Waals surface area contributed by atoms with Gasteiger partial charge in [0, 0.05) is 25.6 Å². The van der Waals surface area contributed by atoms with Crippen molar-refractivity contribution in [3.63, 3.8) is 0 Å². The van der Waals surface area contributed by atoms with E-state index in [1.54, 1.807) is 18.4 Å². The van der Waals surface area contributed by atoms with Crippen LogP contribution in [0.5, 0.6) is 0 Å². The van der Waals surface area contributed by atoms with Gasteiger partial charge < -0.3 is 10.1 Å². The van der Waals surface area contributed by atoms with Crippen molar-refractivity contribution in [3.8, 4) is 0 Å². The van der Waals surface area contributed by atoms with Gasteiger partial charge in [0.05, 0.1) is 10.7 Å². The minimum atomic E-state index is 0.859. The van der Waals surface area contributed by atoms with E-state index in [4.69, 9.17) is 4.74 Å². The summed E-state index contributed by atoms with van der Waals surface area (Å²) in [4.78, 5) is 4.49. The summed E-state index contributed by atoms with van der Waals surface area (Å²) < 4.78 is 4.99. The first-order chi connectivity index (χ1) is 7.36. The van der Waals surface area contributed by atoms with Crippen molar-refractivity contribution in [1.82, 2.24) is 10.3 Å². The van der Waals surface area contributed by atoms with E-state index in [0.29, 0.717) is 0 Å². The summed E-state index contributed by atoms with van der Waals surface area (Å²) in [5, 5.41) is 6.75. The van der Waals surface area contributed by atoms with Gasteiger partial charge in [-0.05, 0) is 25.8 Å². The van der Waals surface area contributed by atoms with E-state index >= 15 is 0 Å². The number of thiazole rings is 1. The van der Waals surface area contributed by atoms with Crippen LogP contribution in [-0.2, 0) is 17.7 Å². The zero-order valence-corrected chi connectivity index (χ0v) is 10.4. The Bertz CT molecular complexity index is 263. The maximum atomic E-state index is 4.99. The van der Waals surface area contributed by atoms with Crippen molar-refractivity contribution in [1.29, 1.82) is 0 Å². The van der Waals surface area contributed by atoms with Gasteiger partial charge in [0.2, 0.25) is 0 Å².